The molecular formula is C17H18N6O. The van der Waals surface area contributed by atoms with E-state index < -0.39 is 0 Å². The van der Waals surface area contributed by atoms with E-state index in [1.807, 2.05) is 32.2 Å². The highest BCUT2D eigenvalue weighted by Crippen LogP contribution is 2.18. The molecule has 1 N–H and O–H groups in total. The minimum absolute atomic E-state index is 0.231. The van der Waals surface area contributed by atoms with Crippen LogP contribution >= 0.6 is 0 Å². The van der Waals surface area contributed by atoms with Crippen LogP contribution in [0.2, 0.25) is 0 Å². The SMILES string of the molecule is Cc1cnc(C(=O)NCCn2c(C)cnc2-c2ccncc2)cn1. The quantitative estimate of drug-likeness (QED) is 0.774. The number of aryl methyl sites for hydroxylation is 2. The summed E-state index contributed by atoms with van der Waals surface area (Å²) in [5.74, 6) is 0.630. The number of hydrogen-bond acceptors (Lipinski definition) is 5. The van der Waals surface area contributed by atoms with Crippen molar-refractivity contribution in [2.75, 3.05) is 6.54 Å². The van der Waals surface area contributed by atoms with Crippen LogP contribution in [-0.2, 0) is 6.54 Å². The topological polar surface area (TPSA) is 85.6 Å². The maximum absolute atomic E-state index is 12.1. The molecule has 122 valence electrons. The molecule has 7 heteroatoms. The van der Waals surface area contributed by atoms with Crippen molar-refractivity contribution in [3.05, 3.63) is 60.2 Å². The van der Waals surface area contributed by atoms with Gasteiger partial charge in [-0.1, -0.05) is 0 Å². The Morgan fingerprint density at radius 2 is 1.88 bits per heavy atom. The van der Waals surface area contributed by atoms with Gasteiger partial charge in [0.05, 0.1) is 11.9 Å². The monoisotopic (exact) mass is 322 g/mol. The molecule has 0 aliphatic heterocycles. The van der Waals surface area contributed by atoms with Crippen molar-refractivity contribution in [3.8, 4) is 11.4 Å². The maximum atomic E-state index is 12.1. The largest absolute Gasteiger partial charge is 0.349 e. The van der Waals surface area contributed by atoms with Crippen molar-refractivity contribution < 1.29 is 4.79 Å². The summed E-state index contributed by atoms with van der Waals surface area (Å²) in [4.78, 5) is 28.7. The lowest BCUT2D eigenvalue weighted by Crippen LogP contribution is -2.28. The first-order valence-corrected chi connectivity index (χ1v) is 7.64. The average Bonchev–Trinajstić information content (AvgIpc) is 2.97. The molecule has 0 saturated carbocycles. The lowest BCUT2D eigenvalue weighted by Gasteiger charge is -2.11. The van der Waals surface area contributed by atoms with Crippen molar-refractivity contribution in [3.63, 3.8) is 0 Å². The first-order valence-electron chi connectivity index (χ1n) is 7.64. The Bertz CT molecular complexity index is 826. The third-order valence-corrected chi connectivity index (χ3v) is 3.63. The highest BCUT2D eigenvalue weighted by atomic mass is 16.1. The van der Waals surface area contributed by atoms with Gasteiger partial charge in [-0.2, -0.15) is 0 Å². The molecule has 3 aromatic rings. The number of carbonyl (C=O) groups excluding carboxylic acids is 1. The molecule has 1 amide bonds. The number of rotatable bonds is 5. The molecule has 0 aliphatic rings. The van der Waals surface area contributed by atoms with E-state index in [2.05, 4.69) is 29.8 Å². The predicted molar refractivity (Wildman–Crippen MR) is 89.3 cm³/mol. The first kappa shape index (κ1) is 15.8. The second-order valence-electron chi connectivity index (χ2n) is 5.41. The normalized spacial score (nSPS) is 10.6. The molecule has 0 bridgehead atoms. The van der Waals surface area contributed by atoms with Gasteiger partial charge in [0.25, 0.3) is 5.91 Å². The molecular weight excluding hydrogens is 304 g/mol. The van der Waals surface area contributed by atoms with Crippen molar-refractivity contribution in [2.45, 2.75) is 20.4 Å². The Kier molecular flexibility index (Phi) is 4.60. The van der Waals surface area contributed by atoms with Gasteiger partial charge < -0.3 is 9.88 Å². The Morgan fingerprint density at radius 1 is 1.08 bits per heavy atom. The number of imidazole rings is 1. The summed E-state index contributed by atoms with van der Waals surface area (Å²) in [7, 11) is 0. The van der Waals surface area contributed by atoms with Crippen molar-refractivity contribution in [2.24, 2.45) is 0 Å². The van der Waals surface area contributed by atoms with Gasteiger partial charge in [-0.15, -0.1) is 0 Å². The number of nitrogens with zero attached hydrogens (tertiary/aromatic N) is 5. The Balaban J connectivity index is 1.66. The van der Waals surface area contributed by atoms with Gasteiger partial charge in [-0.25, -0.2) is 9.97 Å². The number of hydrogen-bond donors (Lipinski definition) is 1. The van der Waals surface area contributed by atoms with E-state index in [-0.39, 0.29) is 5.91 Å². The van der Waals surface area contributed by atoms with Crippen molar-refractivity contribution >= 4 is 5.91 Å². The van der Waals surface area contributed by atoms with Gasteiger partial charge in [-0.3, -0.25) is 14.8 Å². The Labute approximate surface area is 139 Å². The van der Waals surface area contributed by atoms with E-state index in [0.717, 1.165) is 22.8 Å². The molecule has 0 saturated heterocycles. The maximum Gasteiger partial charge on any atom is 0.271 e. The zero-order chi connectivity index (χ0) is 16.9. The van der Waals surface area contributed by atoms with Crippen molar-refractivity contribution in [1.29, 1.82) is 0 Å². The molecule has 0 fully saturated rings. The fourth-order valence-electron chi connectivity index (χ4n) is 2.36. The zero-order valence-electron chi connectivity index (χ0n) is 13.6. The fraction of sp³-hybridized carbons (Fsp3) is 0.235. The first-order chi connectivity index (χ1) is 11.6. The van der Waals surface area contributed by atoms with Crippen LogP contribution in [0.5, 0.6) is 0 Å². The zero-order valence-corrected chi connectivity index (χ0v) is 13.6. The number of amides is 1. The minimum atomic E-state index is -0.231. The summed E-state index contributed by atoms with van der Waals surface area (Å²) in [6, 6.07) is 3.83. The Morgan fingerprint density at radius 3 is 2.58 bits per heavy atom. The standard InChI is InChI=1S/C17H18N6O/c1-12-9-21-15(11-20-12)17(24)19-7-8-23-13(2)10-22-16(23)14-3-5-18-6-4-14/h3-6,9-11H,7-8H2,1-2H3,(H,19,24). The molecule has 3 aromatic heterocycles. The molecule has 24 heavy (non-hydrogen) atoms. The molecule has 7 nitrogen and oxygen atoms in total. The summed E-state index contributed by atoms with van der Waals surface area (Å²) in [5, 5.41) is 2.86. The lowest BCUT2D eigenvalue weighted by atomic mass is 10.2. The van der Waals surface area contributed by atoms with Crippen molar-refractivity contribution in [1.82, 2.24) is 29.8 Å². The number of nitrogens with one attached hydrogen (secondary N) is 1. The number of pyridine rings is 1. The highest BCUT2D eigenvalue weighted by Gasteiger charge is 2.11. The Hall–Kier alpha value is -3.09. The summed E-state index contributed by atoms with van der Waals surface area (Å²) >= 11 is 0. The second-order valence-corrected chi connectivity index (χ2v) is 5.41. The van der Waals surface area contributed by atoms with E-state index in [4.69, 9.17) is 0 Å². The van der Waals surface area contributed by atoms with Crippen LogP contribution in [-0.4, -0.2) is 37.0 Å². The van der Waals surface area contributed by atoms with E-state index in [1.54, 1.807) is 18.6 Å². The molecule has 3 heterocycles. The summed E-state index contributed by atoms with van der Waals surface area (Å²) in [5.41, 5.74) is 3.12. The molecule has 0 atom stereocenters. The van der Waals surface area contributed by atoms with Gasteiger partial charge >= 0.3 is 0 Å². The van der Waals surface area contributed by atoms with Gasteiger partial charge in [0.2, 0.25) is 0 Å². The van der Waals surface area contributed by atoms with E-state index in [9.17, 15) is 4.79 Å². The average molecular weight is 322 g/mol. The van der Waals surface area contributed by atoms with Crippen LogP contribution < -0.4 is 5.32 Å². The molecule has 3 rings (SSSR count). The summed E-state index contributed by atoms with van der Waals surface area (Å²) in [6.07, 6.45) is 8.36. The summed E-state index contributed by atoms with van der Waals surface area (Å²) < 4.78 is 2.07. The van der Waals surface area contributed by atoms with Gasteiger partial charge in [0.15, 0.2) is 0 Å². The van der Waals surface area contributed by atoms with Crippen LogP contribution in [0.4, 0.5) is 0 Å². The molecule has 0 radical (unpaired) electrons. The second kappa shape index (κ2) is 6.99. The lowest BCUT2D eigenvalue weighted by molar-refractivity contribution is 0.0947. The van der Waals surface area contributed by atoms with Gasteiger partial charge in [0, 0.05) is 49.1 Å². The van der Waals surface area contributed by atoms with Crippen LogP contribution in [0.15, 0.2) is 43.1 Å². The van der Waals surface area contributed by atoms with E-state index >= 15 is 0 Å². The highest BCUT2D eigenvalue weighted by molar-refractivity contribution is 5.91. The van der Waals surface area contributed by atoms with E-state index in [0.29, 0.717) is 18.8 Å². The fourth-order valence-corrected chi connectivity index (χ4v) is 2.36. The van der Waals surface area contributed by atoms with Crippen LogP contribution in [0.1, 0.15) is 21.9 Å². The molecule has 0 aromatic carbocycles. The van der Waals surface area contributed by atoms with Gasteiger partial charge in [0.1, 0.15) is 11.5 Å². The third kappa shape index (κ3) is 3.45. The van der Waals surface area contributed by atoms with Crippen LogP contribution in [0.25, 0.3) is 11.4 Å². The third-order valence-electron chi connectivity index (χ3n) is 3.63. The van der Waals surface area contributed by atoms with Crippen LogP contribution in [0, 0.1) is 13.8 Å². The summed E-state index contributed by atoms with van der Waals surface area (Å²) in [6.45, 7) is 4.92. The van der Waals surface area contributed by atoms with E-state index in [1.165, 1.54) is 6.20 Å². The predicted octanol–water partition coefficient (Wildman–Crippen LogP) is 1.78. The molecule has 0 unspecified atom stereocenters. The molecule has 0 spiro atoms. The number of aromatic nitrogens is 5. The van der Waals surface area contributed by atoms with Crippen LogP contribution in [0.3, 0.4) is 0 Å². The molecule has 0 aliphatic carbocycles. The number of carbonyl (C=O) groups is 1. The minimum Gasteiger partial charge on any atom is -0.349 e. The smallest absolute Gasteiger partial charge is 0.271 e. The van der Waals surface area contributed by atoms with Gasteiger partial charge in [-0.05, 0) is 26.0 Å².